The minimum absolute atomic E-state index is 0.246. The maximum Gasteiger partial charge on any atom is 0.408 e. The molecule has 0 aromatic heterocycles. The molecule has 0 heterocycles. The first-order valence-corrected chi connectivity index (χ1v) is 11.3. The molecule has 0 radical (unpaired) electrons. The Morgan fingerprint density at radius 3 is 2.21 bits per heavy atom. The summed E-state index contributed by atoms with van der Waals surface area (Å²) in [6, 6.07) is 7.67. The van der Waals surface area contributed by atoms with Gasteiger partial charge in [0.2, 0.25) is 5.91 Å². The molecule has 7 nitrogen and oxygen atoms in total. The van der Waals surface area contributed by atoms with E-state index in [2.05, 4.69) is 16.7 Å². The fraction of sp³-hybridized carbons (Fsp3) is 0.577. The lowest BCUT2D eigenvalue weighted by molar-refractivity contribution is -0.140. The number of benzene rings is 1. The molecule has 0 fully saturated rings. The maximum absolute atomic E-state index is 13.7. The molecular weight excluding hydrogens is 418 g/mol. The summed E-state index contributed by atoms with van der Waals surface area (Å²) in [6.45, 7) is 16.4. The smallest absolute Gasteiger partial charge is 0.408 e. The van der Waals surface area contributed by atoms with Crippen LogP contribution in [0.5, 0.6) is 0 Å². The highest BCUT2D eigenvalue weighted by Crippen LogP contribution is 2.25. The average Bonchev–Trinajstić information content (AvgIpc) is 2.66. The maximum atomic E-state index is 13.7. The number of hydrogen-bond acceptors (Lipinski definition) is 4. The Hall–Kier alpha value is -3.01. The van der Waals surface area contributed by atoms with Gasteiger partial charge in [0.15, 0.2) is 0 Å². The first kappa shape index (κ1) is 28.0. The third-order valence-corrected chi connectivity index (χ3v) is 4.89. The average molecular weight is 458 g/mol. The number of rotatable bonds is 7. The molecule has 0 aliphatic heterocycles. The van der Waals surface area contributed by atoms with Crippen molar-refractivity contribution in [3.63, 3.8) is 0 Å². The number of amides is 3. The van der Waals surface area contributed by atoms with Crippen molar-refractivity contribution < 1.29 is 19.1 Å². The quantitative estimate of drug-likeness (QED) is 0.472. The summed E-state index contributed by atoms with van der Waals surface area (Å²) >= 11 is 0. The van der Waals surface area contributed by atoms with Crippen LogP contribution in [0, 0.1) is 25.3 Å². The summed E-state index contributed by atoms with van der Waals surface area (Å²) in [5.41, 5.74) is 0.252. The van der Waals surface area contributed by atoms with Gasteiger partial charge in [-0.15, -0.1) is 0 Å². The van der Waals surface area contributed by atoms with Gasteiger partial charge in [-0.05, 0) is 59.9 Å². The van der Waals surface area contributed by atoms with E-state index in [0.717, 1.165) is 10.5 Å². The van der Waals surface area contributed by atoms with Crippen molar-refractivity contribution >= 4 is 17.9 Å². The van der Waals surface area contributed by atoms with Crippen molar-refractivity contribution in [2.75, 3.05) is 0 Å². The van der Waals surface area contributed by atoms with Gasteiger partial charge in [0.1, 0.15) is 17.7 Å². The van der Waals surface area contributed by atoms with E-state index in [0.29, 0.717) is 12.0 Å². The molecule has 0 saturated carbocycles. The van der Waals surface area contributed by atoms with Crippen molar-refractivity contribution in [1.29, 1.82) is 0 Å². The van der Waals surface area contributed by atoms with Crippen LogP contribution in [0.1, 0.15) is 79.0 Å². The number of hydrogen-bond donors (Lipinski definition) is 2. The molecule has 1 aromatic rings. The Morgan fingerprint density at radius 1 is 1.15 bits per heavy atom. The van der Waals surface area contributed by atoms with Crippen LogP contribution in [0.4, 0.5) is 4.79 Å². The Morgan fingerprint density at radius 2 is 1.76 bits per heavy atom. The number of carbonyl (C=O) groups is 3. The third-order valence-electron chi connectivity index (χ3n) is 4.89. The first-order valence-electron chi connectivity index (χ1n) is 11.3. The standard InChI is InChI=1S/C26H39N3O4/c1-11-18(4)20(27-24(32)33-26(8,9)10)23(31)29(12-2)21(22(30)28-25(5,6)7)19-15-13-14-17(3)16-19/h2,13-16,18,20-21H,11H2,1,3-10H3,(H,27,32)(H,28,30). The lowest BCUT2D eigenvalue weighted by Gasteiger charge is -2.34. The summed E-state index contributed by atoms with van der Waals surface area (Å²) in [4.78, 5) is 40.6. The molecule has 1 rings (SSSR count). The zero-order valence-electron chi connectivity index (χ0n) is 21.4. The number of carbonyl (C=O) groups excluding carboxylic acids is 3. The van der Waals surface area contributed by atoms with E-state index in [1.54, 1.807) is 26.8 Å². The van der Waals surface area contributed by atoms with Crippen LogP contribution >= 0.6 is 0 Å². The predicted octanol–water partition coefficient (Wildman–Crippen LogP) is 4.31. The van der Waals surface area contributed by atoms with E-state index in [-0.39, 0.29) is 5.92 Å². The summed E-state index contributed by atoms with van der Waals surface area (Å²) in [5, 5.41) is 5.58. The Balaban J connectivity index is 3.43. The number of terminal acetylenes is 1. The molecule has 0 bridgehead atoms. The zero-order valence-corrected chi connectivity index (χ0v) is 21.4. The fourth-order valence-corrected chi connectivity index (χ4v) is 3.23. The topological polar surface area (TPSA) is 87.7 Å². The number of alkyl carbamates (subject to hydrolysis) is 1. The van der Waals surface area contributed by atoms with Gasteiger partial charge >= 0.3 is 6.09 Å². The number of nitrogens with one attached hydrogen (secondary N) is 2. The Labute approximate surface area is 198 Å². The van der Waals surface area contributed by atoms with E-state index in [1.165, 1.54) is 0 Å². The SMILES string of the molecule is C#CN(C(=O)C(NC(=O)OC(C)(C)C)C(C)CC)C(C(=O)NC(C)(C)C)c1cccc(C)c1. The van der Waals surface area contributed by atoms with Crippen LogP contribution < -0.4 is 10.6 Å². The molecule has 0 spiro atoms. The highest BCUT2D eigenvalue weighted by atomic mass is 16.6. The van der Waals surface area contributed by atoms with Crippen molar-refractivity contribution in [2.24, 2.45) is 5.92 Å². The molecule has 7 heteroatoms. The van der Waals surface area contributed by atoms with Gasteiger partial charge < -0.3 is 15.4 Å². The van der Waals surface area contributed by atoms with E-state index >= 15 is 0 Å². The molecule has 3 amide bonds. The molecule has 0 aliphatic carbocycles. The van der Waals surface area contributed by atoms with Crippen LogP contribution in [0.2, 0.25) is 0 Å². The summed E-state index contributed by atoms with van der Waals surface area (Å²) in [5.74, 6) is -1.20. The second-order valence-corrected chi connectivity index (χ2v) is 10.4. The highest BCUT2D eigenvalue weighted by molar-refractivity contribution is 5.93. The summed E-state index contributed by atoms with van der Waals surface area (Å²) in [6.07, 6.45) is 5.68. The van der Waals surface area contributed by atoms with Crippen LogP contribution in [0.15, 0.2) is 24.3 Å². The Kier molecular flexibility index (Phi) is 9.53. The van der Waals surface area contributed by atoms with Crippen LogP contribution in [0.3, 0.4) is 0 Å². The number of aryl methyl sites for hydroxylation is 1. The third kappa shape index (κ3) is 8.80. The van der Waals surface area contributed by atoms with Gasteiger partial charge in [0.05, 0.1) is 0 Å². The normalized spacial score (nSPS) is 14.3. The summed E-state index contributed by atoms with van der Waals surface area (Å²) in [7, 11) is 0. The monoisotopic (exact) mass is 457 g/mol. The largest absolute Gasteiger partial charge is 0.444 e. The van der Waals surface area contributed by atoms with Gasteiger partial charge in [0.25, 0.3) is 5.91 Å². The van der Waals surface area contributed by atoms with Crippen LogP contribution in [-0.2, 0) is 14.3 Å². The molecular formula is C26H39N3O4. The van der Waals surface area contributed by atoms with Crippen molar-refractivity contribution in [2.45, 2.75) is 92.0 Å². The van der Waals surface area contributed by atoms with Crippen molar-refractivity contribution in [1.82, 2.24) is 15.5 Å². The lowest BCUT2D eigenvalue weighted by atomic mass is 9.95. The molecule has 182 valence electrons. The molecule has 0 aliphatic rings. The second kappa shape index (κ2) is 11.2. The van der Waals surface area contributed by atoms with E-state index in [1.807, 2.05) is 59.7 Å². The minimum atomic E-state index is -1.06. The van der Waals surface area contributed by atoms with E-state index < -0.39 is 41.1 Å². The highest BCUT2D eigenvalue weighted by Gasteiger charge is 2.38. The second-order valence-electron chi connectivity index (χ2n) is 10.4. The van der Waals surface area contributed by atoms with Crippen molar-refractivity contribution in [3.8, 4) is 12.5 Å². The molecule has 3 unspecified atom stereocenters. The fourth-order valence-electron chi connectivity index (χ4n) is 3.23. The minimum Gasteiger partial charge on any atom is -0.444 e. The summed E-state index contributed by atoms with van der Waals surface area (Å²) < 4.78 is 5.35. The molecule has 1 aromatic carbocycles. The molecule has 3 atom stereocenters. The zero-order chi connectivity index (χ0) is 25.6. The van der Waals surface area contributed by atoms with Gasteiger partial charge in [-0.25, -0.2) is 4.79 Å². The van der Waals surface area contributed by atoms with E-state index in [9.17, 15) is 14.4 Å². The molecule has 2 N–H and O–H groups in total. The molecule has 33 heavy (non-hydrogen) atoms. The van der Waals surface area contributed by atoms with Gasteiger partial charge in [-0.2, -0.15) is 0 Å². The van der Waals surface area contributed by atoms with Crippen LogP contribution in [-0.4, -0.2) is 40.0 Å². The Bertz CT molecular complexity index is 890. The van der Waals surface area contributed by atoms with Gasteiger partial charge in [0, 0.05) is 11.6 Å². The van der Waals surface area contributed by atoms with Gasteiger partial charge in [-0.1, -0.05) is 56.5 Å². The number of nitrogens with zero attached hydrogens (tertiary/aromatic N) is 1. The number of ether oxygens (including phenoxy) is 1. The lowest BCUT2D eigenvalue weighted by Crippen LogP contribution is -2.55. The van der Waals surface area contributed by atoms with E-state index in [4.69, 9.17) is 11.2 Å². The van der Waals surface area contributed by atoms with Crippen LogP contribution in [0.25, 0.3) is 0 Å². The molecule has 0 saturated heterocycles. The predicted molar refractivity (Wildman–Crippen MR) is 130 cm³/mol. The van der Waals surface area contributed by atoms with Gasteiger partial charge in [-0.3, -0.25) is 14.5 Å². The first-order chi connectivity index (χ1) is 15.1. The van der Waals surface area contributed by atoms with Crippen molar-refractivity contribution in [3.05, 3.63) is 35.4 Å².